The summed E-state index contributed by atoms with van der Waals surface area (Å²) in [6.07, 6.45) is 1.82. The van der Waals surface area contributed by atoms with E-state index in [1.165, 1.54) is 11.8 Å². The van der Waals surface area contributed by atoms with Gasteiger partial charge >= 0.3 is 0 Å². The summed E-state index contributed by atoms with van der Waals surface area (Å²) in [6.45, 7) is 4.76. The van der Waals surface area contributed by atoms with Gasteiger partial charge in [-0.1, -0.05) is 23.9 Å². The molecule has 7 nitrogen and oxygen atoms in total. The minimum atomic E-state index is -0.430. The molecule has 0 amide bonds. The first-order valence-corrected chi connectivity index (χ1v) is 9.55. The molecule has 1 aromatic heterocycles. The summed E-state index contributed by atoms with van der Waals surface area (Å²) in [5.41, 5.74) is 0.639. The van der Waals surface area contributed by atoms with Gasteiger partial charge < -0.3 is 14.5 Å². The Morgan fingerprint density at radius 2 is 2.23 bits per heavy atom. The Labute approximate surface area is 156 Å². The predicted octanol–water partition coefficient (Wildman–Crippen LogP) is 1.74. The van der Waals surface area contributed by atoms with Crippen LogP contribution < -0.4 is 10.3 Å². The Balaban J connectivity index is 1.76. The van der Waals surface area contributed by atoms with Crippen LogP contribution in [0.1, 0.15) is 5.56 Å². The van der Waals surface area contributed by atoms with Crippen molar-refractivity contribution in [2.75, 3.05) is 45.7 Å². The van der Waals surface area contributed by atoms with E-state index < -0.39 is 5.56 Å². The van der Waals surface area contributed by atoms with E-state index in [1.54, 1.807) is 0 Å². The van der Waals surface area contributed by atoms with Gasteiger partial charge in [0, 0.05) is 25.2 Å². The minimum Gasteiger partial charge on any atom is -0.492 e. The summed E-state index contributed by atoms with van der Waals surface area (Å²) in [4.78, 5) is 21.4. The van der Waals surface area contributed by atoms with Crippen LogP contribution >= 0.6 is 11.8 Å². The van der Waals surface area contributed by atoms with E-state index in [0.717, 1.165) is 32.8 Å². The molecule has 1 aliphatic heterocycles. The van der Waals surface area contributed by atoms with Crippen LogP contribution in [0.25, 0.3) is 11.3 Å². The zero-order valence-corrected chi connectivity index (χ0v) is 15.3. The van der Waals surface area contributed by atoms with Crippen molar-refractivity contribution in [2.45, 2.75) is 5.16 Å². The summed E-state index contributed by atoms with van der Waals surface area (Å²) in [6, 6.07) is 9.27. The molecule has 0 radical (unpaired) electrons. The first-order valence-electron chi connectivity index (χ1n) is 8.33. The summed E-state index contributed by atoms with van der Waals surface area (Å²) in [5.74, 6) is 0.687. The molecule has 2 aromatic rings. The van der Waals surface area contributed by atoms with E-state index in [0.29, 0.717) is 28.8 Å². The number of aromatic amines is 1. The first-order chi connectivity index (χ1) is 12.7. The number of H-pyrrole nitrogens is 1. The van der Waals surface area contributed by atoms with Crippen LogP contribution in [-0.4, -0.2) is 60.6 Å². The smallest absolute Gasteiger partial charge is 0.270 e. The van der Waals surface area contributed by atoms with Crippen LogP contribution in [0.2, 0.25) is 0 Å². The van der Waals surface area contributed by atoms with E-state index in [2.05, 4.69) is 14.9 Å². The molecule has 26 heavy (non-hydrogen) atoms. The Morgan fingerprint density at radius 1 is 1.42 bits per heavy atom. The van der Waals surface area contributed by atoms with Gasteiger partial charge in [0.05, 0.1) is 18.9 Å². The average Bonchev–Trinajstić information content (AvgIpc) is 2.68. The SMILES string of the molecule is CSc1nc(-c2cccc(OCCN3CCOCC3)c2)c(C#N)c(=O)[nH]1. The fourth-order valence-corrected chi connectivity index (χ4v) is 3.09. The molecular weight excluding hydrogens is 352 g/mol. The van der Waals surface area contributed by atoms with Crippen LogP contribution in [0.3, 0.4) is 0 Å². The topological polar surface area (TPSA) is 91.2 Å². The molecule has 0 unspecified atom stereocenters. The van der Waals surface area contributed by atoms with E-state index in [9.17, 15) is 10.1 Å². The van der Waals surface area contributed by atoms with Gasteiger partial charge in [-0.3, -0.25) is 9.69 Å². The third kappa shape index (κ3) is 4.43. The number of aromatic nitrogens is 2. The van der Waals surface area contributed by atoms with Crippen LogP contribution in [0, 0.1) is 11.3 Å². The standard InChI is InChI=1S/C18H20N4O3S/c1-26-18-20-16(15(12-19)17(23)21-18)13-3-2-4-14(11-13)25-10-7-22-5-8-24-9-6-22/h2-4,11H,5-10H2,1H3,(H,20,21,23). The van der Waals surface area contributed by atoms with Crippen LogP contribution in [0.15, 0.2) is 34.2 Å². The summed E-state index contributed by atoms with van der Waals surface area (Å²) < 4.78 is 11.2. The number of nitrogens with zero attached hydrogens (tertiary/aromatic N) is 3. The maximum absolute atomic E-state index is 12.1. The van der Waals surface area contributed by atoms with Crippen molar-refractivity contribution in [2.24, 2.45) is 0 Å². The van der Waals surface area contributed by atoms with Gasteiger partial charge in [-0.15, -0.1) is 0 Å². The molecule has 0 spiro atoms. The van der Waals surface area contributed by atoms with Gasteiger partial charge in [0.15, 0.2) is 5.16 Å². The van der Waals surface area contributed by atoms with E-state index >= 15 is 0 Å². The molecule has 0 aliphatic carbocycles. The molecule has 3 rings (SSSR count). The van der Waals surface area contributed by atoms with Gasteiger partial charge in [0.2, 0.25) is 0 Å². The minimum absolute atomic E-state index is 0.00765. The van der Waals surface area contributed by atoms with Crippen LogP contribution in [0.5, 0.6) is 5.75 Å². The Morgan fingerprint density at radius 3 is 2.96 bits per heavy atom. The summed E-state index contributed by atoms with van der Waals surface area (Å²) >= 11 is 1.32. The van der Waals surface area contributed by atoms with Crippen molar-refractivity contribution in [1.29, 1.82) is 5.26 Å². The van der Waals surface area contributed by atoms with Crippen molar-refractivity contribution in [1.82, 2.24) is 14.9 Å². The predicted molar refractivity (Wildman–Crippen MR) is 99.5 cm³/mol. The van der Waals surface area contributed by atoms with Crippen molar-refractivity contribution in [3.8, 4) is 23.1 Å². The molecule has 1 fully saturated rings. The molecule has 1 saturated heterocycles. The molecule has 1 aliphatic rings. The van der Waals surface area contributed by atoms with Gasteiger partial charge in [0.25, 0.3) is 5.56 Å². The van der Waals surface area contributed by atoms with Gasteiger partial charge in [-0.05, 0) is 18.4 Å². The molecule has 0 bridgehead atoms. The number of nitrogens with one attached hydrogen (secondary N) is 1. The number of thioether (sulfide) groups is 1. The highest BCUT2D eigenvalue weighted by atomic mass is 32.2. The number of hydrogen-bond acceptors (Lipinski definition) is 7. The second-order valence-corrected chi connectivity index (χ2v) is 6.54. The monoisotopic (exact) mass is 372 g/mol. The Bertz CT molecular complexity index is 856. The molecule has 8 heteroatoms. The zero-order valence-electron chi connectivity index (χ0n) is 14.5. The summed E-state index contributed by atoms with van der Waals surface area (Å²) in [7, 11) is 0. The lowest BCUT2D eigenvalue weighted by Crippen LogP contribution is -2.38. The molecule has 1 aromatic carbocycles. The summed E-state index contributed by atoms with van der Waals surface area (Å²) in [5, 5.41) is 9.79. The van der Waals surface area contributed by atoms with Gasteiger partial charge in [-0.25, -0.2) is 4.98 Å². The molecule has 2 heterocycles. The third-order valence-corrected chi connectivity index (χ3v) is 4.67. The normalized spacial score (nSPS) is 14.8. The maximum atomic E-state index is 12.1. The highest BCUT2D eigenvalue weighted by Gasteiger charge is 2.14. The fourth-order valence-electron chi connectivity index (χ4n) is 2.71. The lowest BCUT2D eigenvalue weighted by atomic mass is 10.1. The highest BCUT2D eigenvalue weighted by molar-refractivity contribution is 7.98. The molecular formula is C18H20N4O3S. The third-order valence-electron chi connectivity index (χ3n) is 4.09. The first kappa shape index (κ1) is 18.5. The molecule has 136 valence electrons. The van der Waals surface area contributed by atoms with Crippen LogP contribution in [-0.2, 0) is 4.74 Å². The van der Waals surface area contributed by atoms with Crippen molar-refractivity contribution in [3.63, 3.8) is 0 Å². The fraction of sp³-hybridized carbons (Fsp3) is 0.389. The number of nitriles is 1. The Kier molecular flexibility index (Phi) is 6.28. The second kappa shape index (κ2) is 8.85. The molecule has 0 atom stereocenters. The van der Waals surface area contributed by atoms with Crippen molar-refractivity contribution >= 4 is 11.8 Å². The zero-order chi connectivity index (χ0) is 18.4. The lowest BCUT2D eigenvalue weighted by Gasteiger charge is -2.26. The van der Waals surface area contributed by atoms with Crippen LogP contribution in [0.4, 0.5) is 0 Å². The van der Waals surface area contributed by atoms with Gasteiger partial charge in [-0.2, -0.15) is 5.26 Å². The van der Waals surface area contributed by atoms with E-state index in [1.807, 2.05) is 36.6 Å². The van der Waals surface area contributed by atoms with E-state index in [-0.39, 0.29) is 5.56 Å². The van der Waals surface area contributed by atoms with Crippen molar-refractivity contribution < 1.29 is 9.47 Å². The number of rotatable bonds is 6. The number of morpholine rings is 1. The lowest BCUT2D eigenvalue weighted by molar-refractivity contribution is 0.0322. The number of benzene rings is 1. The number of hydrogen-bond donors (Lipinski definition) is 1. The largest absolute Gasteiger partial charge is 0.492 e. The Hall–Kier alpha value is -2.34. The average molecular weight is 372 g/mol. The number of ether oxygens (including phenoxy) is 2. The van der Waals surface area contributed by atoms with Crippen molar-refractivity contribution in [3.05, 3.63) is 40.2 Å². The maximum Gasteiger partial charge on any atom is 0.270 e. The highest BCUT2D eigenvalue weighted by Crippen LogP contribution is 2.25. The van der Waals surface area contributed by atoms with E-state index in [4.69, 9.17) is 9.47 Å². The van der Waals surface area contributed by atoms with Gasteiger partial charge in [0.1, 0.15) is 24.0 Å². The molecule has 0 saturated carbocycles. The quantitative estimate of drug-likeness (QED) is 0.610. The second-order valence-electron chi connectivity index (χ2n) is 5.74. The molecule has 1 N–H and O–H groups in total.